The molecule has 1 aliphatic rings. The van der Waals surface area contributed by atoms with Gasteiger partial charge in [0.05, 0.1) is 6.54 Å². The lowest BCUT2D eigenvalue weighted by molar-refractivity contribution is -0.117. The maximum absolute atomic E-state index is 11.5. The van der Waals surface area contributed by atoms with Crippen molar-refractivity contribution in [2.24, 2.45) is 0 Å². The molecule has 1 amide bonds. The summed E-state index contributed by atoms with van der Waals surface area (Å²) < 4.78 is 5.50. The Bertz CT molecular complexity index is 454. The Labute approximate surface area is 96.2 Å². The SMILES string of the molecule is CC(=O)N1CC(C)Oc2csc(C(=O)O)c21. The minimum absolute atomic E-state index is 0.118. The van der Waals surface area contributed by atoms with Gasteiger partial charge in [0.15, 0.2) is 5.75 Å². The van der Waals surface area contributed by atoms with Gasteiger partial charge in [-0.25, -0.2) is 4.79 Å². The highest BCUT2D eigenvalue weighted by Gasteiger charge is 2.31. The third kappa shape index (κ3) is 1.65. The molecule has 0 saturated heterocycles. The molecule has 1 aromatic heterocycles. The summed E-state index contributed by atoms with van der Waals surface area (Å²) in [6.45, 7) is 3.65. The van der Waals surface area contributed by atoms with E-state index in [4.69, 9.17) is 9.84 Å². The Hall–Kier alpha value is -1.56. The van der Waals surface area contributed by atoms with E-state index in [9.17, 15) is 9.59 Å². The molecule has 2 heterocycles. The van der Waals surface area contributed by atoms with Crippen molar-refractivity contribution in [2.75, 3.05) is 11.4 Å². The smallest absolute Gasteiger partial charge is 0.348 e. The van der Waals surface area contributed by atoms with Gasteiger partial charge in [-0.2, -0.15) is 0 Å². The van der Waals surface area contributed by atoms with Crippen LogP contribution in [0.15, 0.2) is 5.38 Å². The van der Waals surface area contributed by atoms with Gasteiger partial charge in [0.1, 0.15) is 16.7 Å². The zero-order valence-corrected chi connectivity index (χ0v) is 9.71. The fourth-order valence-corrected chi connectivity index (χ4v) is 2.53. The number of amides is 1. The van der Waals surface area contributed by atoms with Crippen LogP contribution in [0.5, 0.6) is 5.75 Å². The summed E-state index contributed by atoms with van der Waals surface area (Å²) in [7, 11) is 0. The van der Waals surface area contributed by atoms with E-state index in [0.717, 1.165) is 11.3 Å². The molecule has 0 saturated carbocycles. The van der Waals surface area contributed by atoms with Crippen LogP contribution in [-0.4, -0.2) is 29.6 Å². The molecule has 0 bridgehead atoms. The van der Waals surface area contributed by atoms with E-state index in [-0.39, 0.29) is 16.9 Å². The monoisotopic (exact) mass is 241 g/mol. The molecule has 1 aromatic rings. The maximum Gasteiger partial charge on any atom is 0.348 e. The number of carboxylic acid groups (broad SMARTS) is 1. The van der Waals surface area contributed by atoms with Crippen molar-refractivity contribution >= 4 is 28.9 Å². The predicted molar refractivity (Wildman–Crippen MR) is 59.4 cm³/mol. The second-order valence-electron chi connectivity index (χ2n) is 3.64. The molecule has 0 spiro atoms. The number of aromatic carboxylic acids is 1. The number of rotatable bonds is 1. The Balaban J connectivity index is 2.52. The van der Waals surface area contributed by atoms with E-state index in [1.807, 2.05) is 6.92 Å². The van der Waals surface area contributed by atoms with Crippen LogP contribution in [0, 0.1) is 0 Å². The van der Waals surface area contributed by atoms with Gasteiger partial charge in [-0.15, -0.1) is 11.3 Å². The van der Waals surface area contributed by atoms with Crippen LogP contribution in [0.2, 0.25) is 0 Å². The third-order valence-electron chi connectivity index (χ3n) is 2.34. The van der Waals surface area contributed by atoms with Crippen molar-refractivity contribution < 1.29 is 19.4 Å². The van der Waals surface area contributed by atoms with Crippen molar-refractivity contribution in [3.8, 4) is 5.75 Å². The molecule has 0 radical (unpaired) electrons. The van der Waals surface area contributed by atoms with Crippen molar-refractivity contribution in [1.82, 2.24) is 0 Å². The van der Waals surface area contributed by atoms with E-state index >= 15 is 0 Å². The molecule has 0 fully saturated rings. The number of carboxylic acids is 1. The fourth-order valence-electron chi connectivity index (χ4n) is 1.72. The summed E-state index contributed by atoms with van der Waals surface area (Å²) in [5.41, 5.74) is 0.392. The van der Waals surface area contributed by atoms with Gasteiger partial charge < -0.3 is 14.7 Å². The summed E-state index contributed by atoms with van der Waals surface area (Å²) in [5.74, 6) is -0.718. The molecule has 0 aliphatic carbocycles. The number of thiophene rings is 1. The number of anilines is 1. The quantitative estimate of drug-likeness (QED) is 0.810. The van der Waals surface area contributed by atoms with Gasteiger partial charge in [-0.3, -0.25) is 4.79 Å². The average molecular weight is 241 g/mol. The summed E-state index contributed by atoms with van der Waals surface area (Å²) in [5, 5.41) is 10.6. The summed E-state index contributed by atoms with van der Waals surface area (Å²) in [6, 6.07) is 0. The van der Waals surface area contributed by atoms with Crippen LogP contribution in [0.1, 0.15) is 23.5 Å². The first kappa shape index (κ1) is 10.9. The lowest BCUT2D eigenvalue weighted by Crippen LogP contribution is -2.41. The van der Waals surface area contributed by atoms with Gasteiger partial charge in [-0.1, -0.05) is 0 Å². The molecular formula is C10H11NO4S. The number of hydrogen-bond acceptors (Lipinski definition) is 4. The molecule has 2 rings (SSSR count). The number of ether oxygens (including phenoxy) is 1. The highest BCUT2D eigenvalue weighted by atomic mass is 32.1. The van der Waals surface area contributed by atoms with E-state index in [2.05, 4.69) is 0 Å². The number of carbonyl (C=O) groups excluding carboxylic acids is 1. The average Bonchev–Trinajstić information content (AvgIpc) is 2.59. The summed E-state index contributed by atoms with van der Waals surface area (Å²) in [6.07, 6.45) is -0.118. The highest BCUT2D eigenvalue weighted by Crippen LogP contribution is 2.41. The van der Waals surface area contributed by atoms with Gasteiger partial charge in [0.2, 0.25) is 5.91 Å². The normalized spacial score (nSPS) is 18.9. The topological polar surface area (TPSA) is 66.8 Å². The molecule has 1 atom stereocenters. The molecule has 5 nitrogen and oxygen atoms in total. The fraction of sp³-hybridized carbons (Fsp3) is 0.400. The van der Waals surface area contributed by atoms with Gasteiger partial charge in [0, 0.05) is 12.3 Å². The number of nitrogens with zero attached hydrogens (tertiary/aromatic N) is 1. The first-order chi connectivity index (χ1) is 7.50. The van der Waals surface area contributed by atoms with Crippen LogP contribution in [-0.2, 0) is 4.79 Å². The molecule has 6 heteroatoms. The summed E-state index contributed by atoms with van der Waals surface area (Å²) >= 11 is 1.08. The zero-order chi connectivity index (χ0) is 11.9. The number of hydrogen-bond donors (Lipinski definition) is 1. The first-order valence-electron chi connectivity index (χ1n) is 4.80. The Kier molecular flexibility index (Phi) is 2.59. The minimum Gasteiger partial charge on any atom is -0.486 e. The van der Waals surface area contributed by atoms with Gasteiger partial charge >= 0.3 is 5.97 Å². The maximum atomic E-state index is 11.5. The minimum atomic E-state index is -1.03. The van der Waals surface area contributed by atoms with Crippen LogP contribution < -0.4 is 9.64 Å². The highest BCUT2D eigenvalue weighted by molar-refractivity contribution is 7.13. The first-order valence-corrected chi connectivity index (χ1v) is 5.68. The molecule has 1 unspecified atom stereocenters. The largest absolute Gasteiger partial charge is 0.486 e. The van der Waals surface area contributed by atoms with E-state index in [0.29, 0.717) is 18.0 Å². The molecule has 1 aliphatic heterocycles. The molecule has 1 N–H and O–H groups in total. The van der Waals surface area contributed by atoms with Crippen molar-refractivity contribution in [3.05, 3.63) is 10.3 Å². The lowest BCUT2D eigenvalue weighted by Gasteiger charge is -2.31. The van der Waals surface area contributed by atoms with Crippen molar-refractivity contribution in [3.63, 3.8) is 0 Å². The second-order valence-corrected chi connectivity index (χ2v) is 4.52. The second kappa shape index (κ2) is 3.79. The molecule has 16 heavy (non-hydrogen) atoms. The third-order valence-corrected chi connectivity index (χ3v) is 3.28. The van der Waals surface area contributed by atoms with Crippen LogP contribution >= 0.6 is 11.3 Å². The standard InChI is InChI=1S/C10H11NO4S/c1-5-3-11(6(2)12)8-7(15-5)4-16-9(8)10(13)14/h4-5H,3H2,1-2H3,(H,13,14). The zero-order valence-electron chi connectivity index (χ0n) is 8.89. The van der Waals surface area contributed by atoms with Crippen LogP contribution in [0.3, 0.4) is 0 Å². The van der Waals surface area contributed by atoms with Crippen LogP contribution in [0.4, 0.5) is 5.69 Å². The Morgan fingerprint density at radius 1 is 1.62 bits per heavy atom. The summed E-state index contributed by atoms with van der Waals surface area (Å²) in [4.78, 5) is 24.1. The van der Waals surface area contributed by atoms with Gasteiger partial charge in [0.25, 0.3) is 0 Å². The van der Waals surface area contributed by atoms with Crippen LogP contribution in [0.25, 0.3) is 0 Å². The Morgan fingerprint density at radius 3 is 2.88 bits per heavy atom. The van der Waals surface area contributed by atoms with Gasteiger partial charge in [-0.05, 0) is 6.92 Å². The molecule has 0 aromatic carbocycles. The van der Waals surface area contributed by atoms with E-state index < -0.39 is 5.97 Å². The van der Waals surface area contributed by atoms with Crippen molar-refractivity contribution in [2.45, 2.75) is 20.0 Å². The Morgan fingerprint density at radius 2 is 2.31 bits per heavy atom. The number of fused-ring (bicyclic) bond motifs is 1. The number of carbonyl (C=O) groups is 2. The van der Waals surface area contributed by atoms with E-state index in [1.165, 1.54) is 11.8 Å². The lowest BCUT2D eigenvalue weighted by atomic mass is 10.2. The molecule has 86 valence electrons. The molecular weight excluding hydrogens is 230 g/mol. The van der Waals surface area contributed by atoms with Crippen molar-refractivity contribution in [1.29, 1.82) is 0 Å². The predicted octanol–water partition coefficient (Wildman–Crippen LogP) is 1.58. The van der Waals surface area contributed by atoms with E-state index in [1.54, 1.807) is 5.38 Å².